The molecule has 80 valence electrons. The smallest absolute Gasteiger partial charge is 0.269 e. The summed E-state index contributed by atoms with van der Waals surface area (Å²) in [4.78, 5) is 10.2. The Balaban J connectivity index is 2.22. The Labute approximate surface area is 88.5 Å². The Kier molecular flexibility index (Phi) is 2.14. The number of nitrogens with one attached hydrogen (secondary N) is 1. The molecule has 0 aromatic heterocycles. The molecule has 0 aliphatic heterocycles. The largest absolute Gasteiger partial charge is 0.380 e. The van der Waals surface area contributed by atoms with E-state index in [1.54, 1.807) is 18.2 Å². The molecule has 1 aliphatic carbocycles. The zero-order valence-electron chi connectivity index (χ0n) is 8.91. The van der Waals surface area contributed by atoms with Gasteiger partial charge in [0.1, 0.15) is 0 Å². The molecule has 1 fully saturated rings. The standard InChI is InChI=1S/C11H14N2O2/c1-8-7-9(13(14)15)3-4-10(8)12-11(2)5-6-11/h3-4,7,12H,5-6H2,1-2H3. The number of nitro groups is 1. The van der Waals surface area contributed by atoms with Gasteiger partial charge < -0.3 is 5.32 Å². The fraction of sp³-hybridized carbons (Fsp3) is 0.455. The Morgan fingerprint density at radius 3 is 2.60 bits per heavy atom. The molecule has 0 unspecified atom stereocenters. The van der Waals surface area contributed by atoms with Crippen LogP contribution in [-0.4, -0.2) is 10.5 Å². The van der Waals surface area contributed by atoms with Crippen LogP contribution in [0.5, 0.6) is 0 Å². The van der Waals surface area contributed by atoms with Gasteiger partial charge >= 0.3 is 0 Å². The van der Waals surface area contributed by atoms with E-state index in [0.29, 0.717) is 0 Å². The fourth-order valence-electron chi connectivity index (χ4n) is 1.54. The number of benzene rings is 1. The number of nitro benzene ring substituents is 1. The van der Waals surface area contributed by atoms with E-state index in [-0.39, 0.29) is 16.1 Å². The summed E-state index contributed by atoms with van der Waals surface area (Å²) in [5.41, 5.74) is 2.29. The summed E-state index contributed by atoms with van der Waals surface area (Å²) < 4.78 is 0. The molecule has 1 aromatic carbocycles. The third-order valence-corrected chi connectivity index (χ3v) is 2.86. The van der Waals surface area contributed by atoms with E-state index in [4.69, 9.17) is 0 Å². The lowest BCUT2D eigenvalue weighted by molar-refractivity contribution is -0.384. The third-order valence-electron chi connectivity index (χ3n) is 2.86. The SMILES string of the molecule is Cc1cc([N+](=O)[O-])ccc1NC1(C)CC1. The molecule has 1 aromatic rings. The molecule has 0 atom stereocenters. The first kappa shape index (κ1) is 9.96. The average molecular weight is 206 g/mol. The zero-order chi connectivity index (χ0) is 11.1. The number of rotatable bonds is 3. The molecule has 4 heteroatoms. The number of nitrogens with zero attached hydrogens (tertiary/aromatic N) is 1. The average Bonchev–Trinajstić information content (AvgIpc) is 2.87. The van der Waals surface area contributed by atoms with Crippen molar-refractivity contribution in [1.82, 2.24) is 0 Å². The molecule has 2 rings (SSSR count). The first-order chi connectivity index (χ1) is 7.00. The number of anilines is 1. The zero-order valence-corrected chi connectivity index (χ0v) is 8.91. The van der Waals surface area contributed by atoms with Gasteiger partial charge in [-0.25, -0.2) is 0 Å². The summed E-state index contributed by atoms with van der Waals surface area (Å²) in [7, 11) is 0. The first-order valence-corrected chi connectivity index (χ1v) is 5.03. The van der Waals surface area contributed by atoms with Crippen molar-refractivity contribution in [3.8, 4) is 0 Å². The minimum absolute atomic E-state index is 0.152. The van der Waals surface area contributed by atoms with Crippen LogP contribution in [0.3, 0.4) is 0 Å². The Morgan fingerprint density at radius 2 is 2.13 bits per heavy atom. The van der Waals surface area contributed by atoms with E-state index < -0.39 is 0 Å². The van der Waals surface area contributed by atoms with Crippen LogP contribution in [0.4, 0.5) is 11.4 Å². The lowest BCUT2D eigenvalue weighted by atomic mass is 10.1. The molecule has 0 saturated heterocycles. The number of aryl methyl sites for hydroxylation is 1. The van der Waals surface area contributed by atoms with Gasteiger partial charge in [0.2, 0.25) is 0 Å². The van der Waals surface area contributed by atoms with Crippen molar-refractivity contribution < 1.29 is 4.92 Å². The number of hydrogen-bond acceptors (Lipinski definition) is 3. The molecule has 4 nitrogen and oxygen atoms in total. The normalized spacial score (nSPS) is 17.2. The lowest BCUT2D eigenvalue weighted by Gasteiger charge is -2.14. The Morgan fingerprint density at radius 1 is 1.47 bits per heavy atom. The second kappa shape index (κ2) is 3.22. The maximum Gasteiger partial charge on any atom is 0.269 e. The van der Waals surface area contributed by atoms with Crippen molar-refractivity contribution in [2.75, 3.05) is 5.32 Å². The predicted octanol–water partition coefficient (Wildman–Crippen LogP) is 2.87. The molecule has 1 saturated carbocycles. The van der Waals surface area contributed by atoms with Crippen LogP contribution in [0, 0.1) is 17.0 Å². The van der Waals surface area contributed by atoms with Crippen molar-refractivity contribution in [3.63, 3.8) is 0 Å². The molecule has 0 amide bonds. The van der Waals surface area contributed by atoms with Gasteiger partial charge in [0.25, 0.3) is 5.69 Å². The van der Waals surface area contributed by atoms with Crippen molar-refractivity contribution >= 4 is 11.4 Å². The van der Waals surface area contributed by atoms with Crippen molar-refractivity contribution in [1.29, 1.82) is 0 Å². The van der Waals surface area contributed by atoms with Gasteiger partial charge in [0.15, 0.2) is 0 Å². The molecule has 0 spiro atoms. The minimum Gasteiger partial charge on any atom is -0.380 e. The van der Waals surface area contributed by atoms with E-state index in [1.807, 2.05) is 6.92 Å². The molecule has 1 aliphatic rings. The minimum atomic E-state index is -0.365. The summed E-state index contributed by atoms with van der Waals surface area (Å²) in [6.07, 6.45) is 2.34. The van der Waals surface area contributed by atoms with Crippen LogP contribution >= 0.6 is 0 Å². The highest BCUT2D eigenvalue weighted by atomic mass is 16.6. The van der Waals surface area contributed by atoms with E-state index in [1.165, 1.54) is 12.8 Å². The molecule has 1 N–H and O–H groups in total. The Hall–Kier alpha value is -1.58. The summed E-state index contributed by atoms with van der Waals surface area (Å²) >= 11 is 0. The molecular weight excluding hydrogens is 192 g/mol. The molecule has 0 bridgehead atoms. The van der Waals surface area contributed by atoms with Crippen LogP contribution in [0.25, 0.3) is 0 Å². The van der Waals surface area contributed by atoms with Crippen molar-refractivity contribution in [3.05, 3.63) is 33.9 Å². The van der Waals surface area contributed by atoms with Crippen molar-refractivity contribution in [2.24, 2.45) is 0 Å². The lowest BCUT2D eigenvalue weighted by Crippen LogP contribution is -2.16. The topological polar surface area (TPSA) is 55.2 Å². The van der Waals surface area contributed by atoms with Gasteiger partial charge in [-0.2, -0.15) is 0 Å². The predicted molar refractivity (Wildman–Crippen MR) is 59.1 cm³/mol. The summed E-state index contributed by atoms with van der Waals surface area (Å²) in [5, 5.41) is 14.0. The maximum atomic E-state index is 10.5. The molecular formula is C11H14N2O2. The maximum absolute atomic E-state index is 10.5. The van der Waals surface area contributed by atoms with Gasteiger partial charge in [-0.15, -0.1) is 0 Å². The van der Waals surface area contributed by atoms with E-state index in [0.717, 1.165) is 11.3 Å². The first-order valence-electron chi connectivity index (χ1n) is 5.03. The summed E-state index contributed by atoms with van der Waals surface area (Å²) in [5.74, 6) is 0. The van der Waals surface area contributed by atoms with Crippen LogP contribution < -0.4 is 5.32 Å². The van der Waals surface area contributed by atoms with Gasteiger partial charge in [0.05, 0.1) is 4.92 Å². The highest BCUT2D eigenvalue weighted by Crippen LogP contribution is 2.39. The monoisotopic (exact) mass is 206 g/mol. The van der Waals surface area contributed by atoms with Crippen LogP contribution in [0.2, 0.25) is 0 Å². The van der Waals surface area contributed by atoms with E-state index >= 15 is 0 Å². The summed E-state index contributed by atoms with van der Waals surface area (Å²) in [6.45, 7) is 4.05. The van der Waals surface area contributed by atoms with Crippen LogP contribution in [0.1, 0.15) is 25.3 Å². The molecule has 0 radical (unpaired) electrons. The van der Waals surface area contributed by atoms with Gasteiger partial charge in [-0.3, -0.25) is 10.1 Å². The van der Waals surface area contributed by atoms with Gasteiger partial charge in [-0.1, -0.05) is 0 Å². The second-order valence-corrected chi connectivity index (χ2v) is 4.44. The Bertz CT molecular complexity index is 411. The van der Waals surface area contributed by atoms with Crippen LogP contribution in [0.15, 0.2) is 18.2 Å². The highest BCUT2D eigenvalue weighted by molar-refractivity contribution is 5.57. The van der Waals surface area contributed by atoms with Gasteiger partial charge in [-0.05, 0) is 38.3 Å². The number of non-ortho nitro benzene ring substituents is 1. The third kappa shape index (κ3) is 2.09. The van der Waals surface area contributed by atoms with E-state index in [9.17, 15) is 10.1 Å². The quantitative estimate of drug-likeness (QED) is 0.611. The van der Waals surface area contributed by atoms with E-state index in [2.05, 4.69) is 12.2 Å². The molecule has 0 heterocycles. The second-order valence-electron chi connectivity index (χ2n) is 4.44. The van der Waals surface area contributed by atoms with Crippen molar-refractivity contribution in [2.45, 2.75) is 32.2 Å². The number of hydrogen-bond donors (Lipinski definition) is 1. The fourth-order valence-corrected chi connectivity index (χ4v) is 1.54. The summed E-state index contributed by atoms with van der Waals surface area (Å²) in [6, 6.07) is 4.94. The van der Waals surface area contributed by atoms with Gasteiger partial charge in [0, 0.05) is 23.4 Å². The van der Waals surface area contributed by atoms with Crippen LogP contribution in [-0.2, 0) is 0 Å². The highest BCUT2D eigenvalue weighted by Gasteiger charge is 2.37. The molecule has 15 heavy (non-hydrogen) atoms.